The van der Waals surface area contributed by atoms with Crippen molar-refractivity contribution in [2.24, 2.45) is 0 Å². The Morgan fingerprint density at radius 2 is 1.82 bits per heavy atom. The molecule has 2 N–H and O–H groups in total. The van der Waals surface area contributed by atoms with Gasteiger partial charge in [0, 0.05) is 6.20 Å². The fraction of sp³-hybridized carbons (Fsp3) is 0.294. The fourth-order valence-electron chi connectivity index (χ4n) is 1.82. The summed E-state index contributed by atoms with van der Waals surface area (Å²) >= 11 is 5.28. The third-order valence-corrected chi connectivity index (χ3v) is 3.27. The standard InChI is InChI=1S/C17H21N3OS/c1-12-4-7-15(8-5-12)21-11-14(3)19-17(22)20-16-9-6-13(2)10-18-16/h4-10,14H,11H2,1-3H3,(H2,18,19,20,22)/t14-/m0/s1. The van der Waals surface area contributed by atoms with Crippen molar-refractivity contribution in [2.75, 3.05) is 11.9 Å². The molecule has 2 aromatic rings. The lowest BCUT2D eigenvalue weighted by Crippen LogP contribution is -2.39. The van der Waals surface area contributed by atoms with Gasteiger partial charge in [-0.15, -0.1) is 0 Å². The maximum atomic E-state index is 5.72. The van der Waals surface area contributed by atoms with Crippen LogP contribution in [0.4, 0.5) is 5.82 Å². The predicted molar refractivity (Wildman–Crippen MR) is 94.5 cm³/mol. The summed E-state index contributed by atoms with van der Waals surface area (Å²) in [4.78, 5) is 4.26. The lowest BCUT2D eigenvalue weighted by Gasteiger charge is -2.17. The minimum atomic E-state index is 0.0896. The molecule has 5 heteroatoms. The van der Waals surface area contributed by atoms with E-state index in [1.807, 2.05) is 50.2 Å². The first-order valence-electron chi connectivity index (χ1n) is 7.22. The van der Waals surface area contributed by atoms with Gasteiger partial charge in [0.2, 0.25) is 0 Å². The Morgan fingerprint density at radius 1 is 1.14 bits per heavy atom. The molecule has 1 aromatic carbocycles. The van der Waals surface area contributed by atoms with Gasteiger partial charge in [-0.2, -0.15) is 0 Å². The number of thiocarbonyl (C=S) groups is 1. The van der Waals surface area contributed by atoms with Crippen molar-refractivity contribution >= 4 is 23.1 Å². The molecule has 0 spiro atoms. The van der Waals surface area contributed by atoms with Crippen molar-refractivity contribution in [3.63, 3.8) is 0 Å². The Balaban J connectivity index is 1.76. The Kier molecular flexibility index (Phi) is 5.72. The summed E-state index contributed by atoms with van der Waals surface area (Å²) in [5.41, 5.74) is 2.33. The van der Waals surface area contributed by atoms with Crippen LogP contribution in [0.1, 0.15) is 18.1 Å². The largest absolute Gasteiger partial charge is 0.491 e. The van der Waals surface area contributed by atoms with Gasteiger partial charge in [0.15, 0.2) is 5.11 Å². The number of aryl methyl sites for hydroxylation is 2. The highest BCUT2D eigenvalue weighted by Gasteiger charge is 2.06. The number of nitrogens with zero attached hydrogens (tertiary/aromatic N) is 1. The molecule has 116 valence electrons. The van der Waals surface area contributed by atoms with Crippen molar-refractivity contribution in [3.8, 4) is 5.75 Å². The van der Waals surface area contributed by atoms with E-state index in [-0.39, 0.29) is 6.04 Å². The molecular formula is C17H21N3OS. The van der Waals surface area contributed by atoms with Gasteiger partial charge >= 0.3 is 0 Å². The summed E-state index contributed by atoms with van der Waals surface area (Å²) in [5.74, 6) is 1.59. The average molecular weight is 315 g/mol. The van der Waals surface area contributed by atoms with Crippen LogP contribution in [0.3, 0.4) is 0 Å². The molecule has 1 atom stereocenters. The van der Waals surface area contributed by atoms with Crippen molar-refractivity contribution in [1.29, 1.82) is 0 Å². The van der Waals surface area contributed by atoms with Gasteiger partial charge in [0.05, 0.1) is 6.04 Å². The molecule has 0 saturated carbocycles. The molecule has 0 radical (unpaired) electrons. The van der Waals surface area contributed by atoms with Crippen LogP contribution in [0.25, 0.3) is 0 Å². The smallest absolute Gasteiger partial charge is 0.172 e. The number of aromatic nitrogens is 1. The van der Waals surface area contributed by atoms with Crippen molar-refractivity contribution < 1.29 is 4.74 Å². The zero-order valence-electron chi connectivity index (χ0n) is 13.1. The minimum absolute atomic E-state index is 0.0896. The maximum Gasteiger partial charge on any atom is 0.172 e. The first kappa shape index (κ1) is 16.2. The highest BCUT2D eigenvalue weighted by molar-refractivity contribution is 7.80. The molecule has 0 amide bonds. The molecule has 1 heterocycles. The summed E-state index contributed by atoms with van der Waals surface area (Å²) in [6.07, 6.45) is 1.80. The third kappa shape index (κ3) is 5.33. The lowest BCUT2D eigenvalue weighted by atomic mass is 10.2. The zero-order valence-corrected chi connectivity index (χ0v) is 13.9. The van der Waals surface area contributed by atoms with Gasteiger partial charge in [0.25, 0.3) is 0 Å². The number of anilines is 1. The predicted octanol–water partition coefficient (Wildman–Crippen LogP) is 3.45. The Morgan fingerprint density at radius 3 is 2.45 bits per heavy atom. The van der Waals surface area contributed by atoms with Crippen molar-refractivity contribution in [2.45, 2.75) is 26.8 Å². The fourth-order valence-corrected chi connectivity index (χ4v) is 2.12. The Labute approximate surface area is 136 Å². The number of benzene rings is 1. The first-order chi connectivity index (χ1) is 10.5. The zero-order chi connectivity index (χ0) is 15.9. The van der Waals surface area contributed by atoms with Gasteiger partial charge in [-0.25, -0.2) is 4.98 Å². The van der Waals surface area contributed by atoms with Gasteiger partial charge < -0.3 is 15.4 Å². The summed E-state index contributed by atoms with van der Waals surface area (Å²) in [6.45, 7) is 6.60. The molecule has 0 aliphatic rings. The monoisotopic (exact) mass is 315 g/mol. The summed E-state index contributed by atoms with van der Waals surface area (Å²) in [7, 11) is 0. The number of rotatable bonds is 5. The second kappa shape index (κ2) is 7.75. The van der Waals surface area contributed by atoms with E-state index in [0.29, 0.717) is 11.7 Å². The van der Waals surface area contributed by atoms with Crippen LogP contribution < -0.4 is 15.4 Å². The van der Waals surface area contributed by atoms with Crippen LogP contribution in [0.15, 0.2) is 42.6 Å². The number of nitrogens with one attached hydrogen (secondary N) is 2. The minimum Gasteiger partial charge on any atom is -0.491 e. The first-order valence-corrected chi connectivity index (χ1v) is 7.63. The Hall–Kier alpha value is -2.14. The number of hydrogen-bond acceptors (Lipinski definition) is 3. The van der Waals surface area contributed by atoms with E-state index in [0.717, 1.165) is 17.1 Å². The molecule has 1 aromatic heterocycles. The topological polar surface area (TPSA) is 46.2 Å². The number of pyridine rings is 1. The molecule has 4 nitrogen and oxygen atoms in total. The molecular weight excluding hydrogens is 294 g/mol. The van der Waals surface area contributed by atoms with E-state index in [2.05, 4.69) is 22.5 Å². The molecule has 22 heavy (non-hydrogen) atoms. The molecule has 0 aliphatic carbocycles. The molecule has 0 fully saturated rings. The van der Waals surface area contributed by atoms with Crippen LogP contribution in [0.2, 0.25) is 0 Å². The van der Waals surface area contributed by atoms with Crippen LogP contribution in [0.5, 0.6) is 5.75 Å². The summed E-state index contributed by atoms with van der Waals surface area (Å²) in [6, 6.07) is 12.0. The van der Waals surface area contributed by atoms with E-state index < -0.39 is 0 Å². The van der Waals surface area contributed by atoms with Gasteiger partial charge in [-0.1, -0.05) is 23.8 Å². The van der Waals surface area contributed by atoms with Crippen LogP contribution in [0, 0.1) is 13.8 Å². The summed E-state index contributed by atoms with van der Waals surface area (Å²) < 4.78 is 5.72. The second-order valence-corrected chi connectivity index (χ2v) is 5.75. The normalized spacial score (nSPS) is 11.6. The molecule has 0 bridgehead atoms. The highest BCUT2D eigenvalue weighted by Crippen LogP contribution is 2.11. The van der Waals surface area contributed by atoms with Crippen LogP contribution in [-0.2, 0) is 0 Å². The van der Waals surface area contributed by atoms with Gasteiger partial charge in [-0.3, -0.25) is 0 Å². The van der Waals surface area contributed by atoms with Gasteiger partial charge in [-0.05, 0) is 56.8 Å². The summed E-state index contributed by atoms with van der Waals surface area (Å²) in [5, 5.41) is 6.78. The van der Waals surface area contributed by atoms with E-state index in [4.69, 9.17) is 17.0 Å². The number of ether oxygens (including phenoxy) is 1. The van der Waals surface area contributed by atoms with E-state index in [1.54, 1.807) is 6.20 Å². The SMILES string of the molecule is Cc1ccc(OC[C@H](C)NC(=S)Nc2ccc(C)cn2)cc1. The Bertz CT molecular complexity index is 611. The quantitative estimate of drug-likeness (QED) is 0.828. The molecule has 0 unspecified atom stereocenters. The van der Waals surface area contributed by atoms with Gasteiger partial charge in [0.1, 0.15) is 18.2 Å². The van der Waals surface area contributed by atoms with E-state index in [1.165, 1.54) is 5.56 Å². The molecule has 0 aliphatic heterocycles. The van der Waals surface area contributed by atoms with E-state index >= 15 is 0 Å². The molecule has 0 saturated heterocycles. The third-order valence-electron chi connectivity index (χ3n) is 3.05. The maximum absolute atomic E-state index is 5.72. The van der Waals surface area contributed by atoms with Crippen LogP contribution in [-0.4, -0.2) is 22.7 Å². The second-order valence-electron chi connectivity index (χ2n) is 5.34. The molecule has 2 rings (SSSR count). The average Bonchev–Trinajstić information content (AvgIpc) is 2.49. The van der Waals surface area contributed by atoms with Crippen molar-refractivity contribution in [1.82, 2.24) is 10.3 Å². The van der Waals surface area contributed by atoms with Crippen LogP contribution >= 0.6 is 12.2 Å². The van der Waals surface area contributed by atoms with Crippen molar-refractivity contribution in [3.05, 3.63) is 53.7 Å². The highest BCUT2D eigenvalue weighted by atomic mass is 32.1. The number of hydrogen-bond donors (Lipinski definition) is 2. The van der Waals surface area contributed by atoms with E-state index in [9.17, 15) is 0 Å². The lowest BCUT2D eigenvalue weighted by molar-refractivity contribution is 0.287.